The fourth-order valence-corrected chi connectivity index (χ4v) is 14.0. The molecule has 16 rings (SSSR count). The lowest BCUT2D eigenvalue weighted by Gasteiger charge is -2.31. The van der Waals surface area contributed by atoms with Crippen LogP contribution in [0, 0.1) is 0 Å². The van der Waals surface area contributed by atoms with E-state index in [2.05, 4.69) is 243 Å². The Labute approximate surface area is 395 Å². The smallest absolute Gasteiger partial charge is 0.0619 e. The summed E-state index contributed by atoms with van der Waals surface area (Å²) in [4.78, 5) is 0. The fourth-order valence-electron chi connectivity index (χ4n) is 14.0. The van der Waals surface area contributed by atoms with Gasteiger partial charge >= 0.3 is 0 Å². The van der Waals surface area contributed by atoms with Crippen molar-refractivity contribution in [3.63, 3.8) is 0 Å². The molecule has 0 saturated heterocycles. The summed E-state index contributed by atoms with van der Waals surface area (Å²) in [6.07, 6.45) is 0. The second kappa shape index (κ2) is 13.1. The average Bonchev–Trinajstić information content (AvgIpc) is 4.09. The molecule has 0 atom stereocenters. The SMILES string of the molecule is c1ccc2c(c1)-c1ccccc1C21c2ccccc2-c2ccc(-c3cc4cc(-c5ccc6c(c5)C5(c7ccccc7-c7ccccc75)c5ccccc5-6)c5ccccc5c4c4ccccc34)cc21. The van der Waals surface area contributed by atoms with Gasteiger partial charge in [0.2, 0.25) is 0 Å². The van der Waals surface area contributed by atoms with Crippen LogP contribution in [0.3, 0.4) is 0 Å². The van der Waals surface area contributed by atoms with Crippen molar-refractivity contribution in [2.24, 2.45) is 0 Å². The molecular weight excluding hydrogens is 817 g/mol. The molecule has 0 saturated carbocycles. The Morgan fingerprint density at radius 3 is 0.779 bits per heavy atom. The van der Waals surface area contributed by atoms with E-state index in [-0.39, 0.29) is 0 Å². The van der Waals surface area contributed by atoms with Gasteiger partial charge in [-0.05, 0) is 168 Å². The fraction of sp³-hybridized carbons (Fsp3) is 0.0294. The van der Waals surface area contributed by atoms with E-state index in [1.165, 1.54) is 144 Å². The molecule has 2 spiro atoms. The van der Waals surface area contributed by atoms with Crippen molar-refractivity contribution in [2.75, 3.05) is 0 Å². The van der Waals surface area contributed by atoms with E-state index in [0.29, 0.717) is 0 Å². The van der Waals surface area contributed by atoms with Crippen LogP contribution in [-0.4, -0.2) is 0 Å². The van der Waals surface area contributed by atoms with Crippen LogP contribution in [0.2, 0.25) is 0 Å². The Morgan fingerprint density at radius 2 is 0.456 bits per heavy atom. The van der Waals surface area contributed by atoms with Gasteiger partial charge in [0.05, 0.1) is 10.8 Å². The maximum absolute atomic E-state index is 2.54. The zero-order chi connectivity index (χ0) is 44.3. The normalized spacial score (nSPS) is 14.4. The second-order valence-electron chi connectivity index (χ2n) is 19.3. The van der Waals surface area contributed by atoms with E-state index >= 15 is 0 Å². The van der Waals surface area contributed by atoms with Crippen LogP contribution in [0.1, 0.15) is 44.5 Å². The number of hydrogen-bond donors (Lipinski definition) is 0. The molecule has 68 heavy (non-hydrogen) atoms. The van der Waals surface area contributed by atoms with Crippen molar-refractivity contribution in [1.29, 1.82) is 0 Å². The maximum Gasteiger partial charge on any atom is 0.0725 e. The van der Waals surface area contributed by atoms with E-state index < -0.39 is 10.8 Å². The van der Waals surface area contributed by atoms with E-state index in [9.17, 15) is 0 Å². The summed E-state index contributed by atoms with van der Waals surface area (Å²) in [5.41, 5.74) is 25.7. The molecule has 0 heteroatoms. The second-order valence-corrected chi connectivity index (χ2v) is 19.3. The molecule has 312 valence electrons. The van der Waals surface area contributed by atoms with Crippen molar-refractivity contribution in [3.8, 4) is 66.8 Å². The maximum atomic E-state index is 2.54. The van der Waals surface area contributed by atoms with E-state index in [1.54, 1.807) is 0 Å². The lowest BCUT2D eigenvalue weighted by molar-refractivity contribution is 0.794. The van der Waals surface area contributed by atoms with Crippen LogP contribution in [-0.2, 0) is 10.8 Å². The molecule has 0 fully saturated rings. The third-order valence-electron chi connectivity index (χ3n) is 16.5. The molecule has 0 aliphatic heterocycles. The first-order valence-electron chi connectivity index (χ1n) is 24.0. The number of hydrogen-bond acceptors (Lipinski definition) is 0. The van der Waals surface area contributed by atoms with Crippen LogP contribution < -0.4 is 0 Å². The number of benzene rings is 12. The monoisotopic (exact) mass is 856 g/mol. The van der Waals surface area contributed by atoms with Gasteiger partial charge in [-0.15, -0.1) is 0 Å². The summed E-state index contributed by atoms with van der Waals surface area (Å²) >= 11 is 0. The van der Waals surface area contributed by atoms with Crippen LogP contribution in [0.5, 0.6) is 0 Å². The van der Waals surface area contributed by atoms with Crippen molar-refractivity contribution >= 4 is 32.3 Å². The molecular formula is C68H40. The van der Waals surface area contributed by atoms with Gasteiger partial charge in [0.25, 0.3) is 0 Å². The zero-order valence-electron chi connectivity index (χ0n) is 37.1. The van der Waals surface area contributed by atoms with Gasteiger partial charge in [-0.3, -0.25) is 0 Å². The average molecular weight is 857 g/mol. The summed E-state index contributed by atoms with van der Waals surface area (Å²) < 4.78 is 0. The minimum atomic E-state index is -0.407. The van der Waals surface area contributed by atoms with Gasteiger partial charge < -0.3 is 0 Å². The molecule has 0 N–H and O–H groups in total. The minimum Gasteiger partial charge on any atom is -0.0619 e. The molecule has 12 aromatic carbocycles. The third kappa shape index (κ3) is 4.33. The first-order valence-corrected chi connectivity index (χ1v) is 24.0. The van der Waals surface area contributed by atoms with E-state index in [0.717, 1.165) is 0 Å². The van der Waals surface area contributed by atoms with Crippen molar-refractivity contribution in [3.05, 3.63) is 287 Å². The van der Waals surface area contributed by atoms with Crippen LogP contribution >= 0.6 is 0 Å². The minimum absolute atomic E-state index is 0.407. The van der Waals surface area contributed by atoms with Crippen LogP contribution in [0.4, 0.5) is 0 Å². The summed E-state index contributed by atoms with van der Waals surface area (Å²) in [6.45, 7) is 0. The largest absolute Gasteiger partial charge is 0.0725 e. The molecule has 0 aromatic heterocycles. The summed E-state index contributed by atoms with van der Waals surface area (Å²) in [7, 11) is 0. The molecule has 4 aliphatic carbocycles. The van der Waals surface area contributed by atoms with Gasteiger partial charge in [-0.1, -0.05) is 218 Å². The molecule has 0 heterocycles. The third-order valence-corrected chi connectivity index (χ3v) is 16.5. The predicted molar refractivity (Wildman–Crippen MR) is 282 cm³/mol. The Hall–Kier alpha value is -8.58. The molecule has 12 aromatic rings. The molecule has 4 aliphatic rings. The summed E-state index contributed by atoms with van der Waals surface area (Å²) in [5.74, 6) is 0. The molecule has 0 nitrogen and oxygen atoms in total. The standard InChI is InChI=1S/C68H40/c1-3-25-54-44(17-1)56(41-33-35-52-50-23-9-15-31-62(50)67(64(52)39-41)58-27-11-5-19-46(58)47-20-6-12-28-59(47)67)37-43-38-57(45-18-2-4-26-55(45)66(43)54)42-34-36-53-51-24-10-16-32-63(51)68(65(53)40-42)60-29-13-7-21-48(60)49-22-8-14-30-61(49)68/h1-40H. The van der Waals surface area contributed by atoms with Crippen molar-refractivity contribution in [1.82, 2.24) is 0 Å². The lowest BCUT2D eigenvalue weighted by atomic mass is 9.70. The van der Waals surface area contributed by atoms with Crippen molar-refractivity contribution in [2.45, 2.75) is 10.8 Å². The number of fused-ring (bicyclic) bond motifs is 25. The highest BCUT2D eigenvalue weighted by Gasteiger charge is 2.53. The van der Waals surface area contributed by atoms with Gasteiger partial charge in [-0.2, -0.15) is 0 Å². The molecule has 0 radical (unpaired) electrons. The highest BCUT2D eigenvalue weighted by atomic mass is 14.5. The Morgan fingerprint density at radius 1 is 0.191 bits per heavy atom. The Kier molecular flexibility index (Phi) is 7.04. The van der Waals surface area contributed by atoms with Crippen LogP contribution in [0.25, 0.3) is 99.1 Å². The summed E-state index contributed by atoms with van der Waals surface area (Å²) in [6, 6.07) is 92.5. The highest BCUT2D eigenvalue weighted by Crippen LogP contribution is 2.65. The topological polar surface area (TPSA) is 0 Å². The van der Waals surface area contributed by atoms with E-state index in [1.807, 2.05) is 0 Å². The van der Waals surface area contributed by atoms with Gasteiger partial charge in [0.15, 0.2) is 0 Å². The predicted octanol–water partition coefficient (Wildman–Crippen LogP) is 17.2. The van der Waals surface area contributed by atoms with Gasteiger partial charge in [0.1, 0.15) is 0 Å². The number of rotatable bonds is 2. The quantitative estimate of drug-likeness (QED) is 0.152. The zero-order valence-corrected chi connectivity index (χ0v) is 37.1. The first kappa shape index (κ1) is 36.6. The van der Waals surface area contributed by atoms with Crippen molar-refractivity contribution < 1.29 is 0 Å². The molecule has 0 bridgehead atoms. The molecule has 0 unspecified atom stereocenters. The first-order chi connectivity index (χ1) is 33.7. The lowest BCUT2D eigenvalue weighted by Crippen LogP contribution is -2.25. The van der Waals surface area contributed by atoms with E-state index in [4.69, 9.17) is 0 Å². The van der Waals surface area contributed by atoms with Gasteiger partial charge in [0, 0.05) is 0 Å². The van der Waals surface area contributed by atoms with Crippen LogP contribution in [0.15, 0.2) is 243 Å². The Balaban J connectivity index is 0.950. The summed E-state index contributed by atoms with van der Waals surface area (Å²) in [5, 5.41) is 7.64. The highest BCUT2D eigenvalue weighted by molar-refractivity contribution is 6.26. The van der Waals surface area contributed by atoms with Gasteiger partial charge in [-0.25, -0.2) is 0 Å². The Bertz CT molecular complexity index is 3820. The molecule has 0 amide bonds.